The van der Waals surface area contributed by atoms with Crippen LogP contribution in [-0.2, 0) is 0 Å². The Balaban J connectivity index is 2.75. The summed E-state index contributed by atoms with van der Waals surface area (Å²) in [5.41, 5.74) is 0.0783. The molecule has 0 fully saturated rings. The number of rotatable bonds is 2. The minimum Gasteiger partial charge on any atom is -0.371 e. The van der Waals surface area contributed by atoms with Crippen molar-refractivity contribution in [2.24, 2.45) is 0 Å². The van der Waals surface area contributed by atoms with Crippen LogP contribution in [0.4, 0.5) is 13.2 Å². The summed E-state index contributed by atoms with van der Waals surface area (Å²) in [6.07, 6.45) is -2.54. The Morgan fingerprint density at radius 1 is 1.31 bits per heavy atom. The summed E-state index contributed by atoms with van der Waals surface area (Å²) in [6, 6.07) is -0.835. The van der Waals surface area contributed by atoms with Gasteiger partial charge >= 0.3 is 12.4 Å². The number of halogens is 3. The van der Waals surface area contributed by atoms with E-state index in [1.165, 1.54) is 0 Å². The molecular weight excluding hydrogens is 189 g/mol. The average molecular weight is 192 g/mol. The molecule has 0 bridgehead atoms. The Kier molecular flexibility index (Phi) is 2.45. The predicted molar refractivity (Wildman–Crippen MR) is 34.1 cm³/mol. The van der Waals surface area contributed by atoms with Gasteiger partial charge in [-0.2, -0.15) is 0 Å². The van der Waals surface area contributed by atoms with Gasteiger partial charge in [0, 0.05) is 12.4 Å². The Bertz CT molecular complexity index is 296. The SMILES string of the molecule is O=Cc1cnc(OC(F)(F)F)nc1. The van der Waals surface area contributed by atoms with Crippen LogP contribution in [0.3, 0.4) is 0 Å². The predicted octanol–water partition coefficient (Wildman–Crippen LogP) is 1.19. The largest absolute Gasteiger partial charge is 0.575 e. The van der Waals surface area contributed by atoms with Gasteiger partial charge in [0.05, 0.1) is 5.56 Å². The monoisotopic (exact) mass is 192 g/mol. The topological polar surface area (TPSA) is 52.1 Å². The van der Waals surface area contributed by atoms with Crippen LogP contribution in [0, 0.1) is 0 Å². The summed E-state index contributed by atoms with van der Waals surface area (Å²) in [5.74, 6) is 0. The zero-order valence-corrected chi connectivity index (χ0v) is 6.08. The molecule has 0 unspecified atom stereocenters. The van der Waals surface area contributed by atoms with Gasteiger partial charge in [-0.15, -0.1) is 13.2 Å². The van der Waals surface area contributed by atoms with E-state index in [1.807, 2.05) is 0 Å². The lowest BCUT2D eigenvalue weighted by molar-refractivity contribution is -0.277. The number of hydrogen-bond donors (Lipinski definition) is 0. The van der Waals surface area contributed by atoms with Crippen molar-refractivity contribution in [2.45, 2.75) is 6.36 Å². The molecule has 0 radical (unpaired) electrons. The van der Waals surface area contributed by atoms with Crippen molar-refractivity contribution < 1.29 is 22.7 Å². The third kappa shape index (κ3) is 3.06. The number of aldehydes is 1. The molecule has 1 heterocycles. The molecule has 0 spiro atoms. The van der Waals surface area contributed by atoms with Crippen LogP contribution >= 0.6 is 0 Å². The molecule has 7 heteroatoms. The van der Waals surface area contributed by atoms with E-state index < -0.39 is 12.4 Å². The van der Waals surface area contributed by atoms with Crippen molar-refractivity contribution in [3.8, 4) is 6.01 Å². The molecule has 0 amide bonds. The van der Waals surface area contributed by atoms with E-state index in [1.54, 1.807) is 0 Å². The molecule has 0 aromatic carbocycles. The fourth-order valence-electron chi connectivity index (χ4n) is 0.543. The van der Waals surface area contributed by atoms with Gasteiger partial charge < -0.3 is 4.74 Å². The highest BCUT2D eigenvalue weighted by Gasteiger charge is 2.32. The quantitative estimate of drug-likeness (QED) is 0.660. The van der Waals surface area contributed by atoms with Gasteiger partial charge in [0.2, 0.25) is 0 Å². The minimum atomic E-state index is -4.82. The van der Waals surface area contributed by atoms with Crippen molar-refractivity contribution in [3.63, 3.8) is 0 Å². The van der Waals surface area contributed by atoms with Gasteiger partial charge in [0.25, 0.3) is 0 Å². The summed E-state index contributed by atoms with van der Waals surface area (Å²) in [5, 5.41) is 0. The van der Waals surface area contributed by atoms with Gasteiger partial charge in [0.15, 0.2) is 6.29 Å². The zero-order chi connectivity index (χ0) is 9.90. The molecule has 0 atom stereocenters. The van der Waals surface area contributed by atoms with Gasteiger partial charge in [-0.05, 0) is 0 Å². The van der Waals surface area contributed by atoms with E-state index in [4.69, 9.17) is 0 Å². The van der Waals surface area contributed by atoms with Crippen LogP contribution < -0.4 is 4.74 Å². The van der Waals surface area contributed by atoms with E-state index in [0.29, 0.717) is 6.29 Å². The Morgan fingerprint density at radius 3 is 2.23 bits per heavy atom. The lowest BCUT2D eigenvalue weighted by Crippen LogP contribution is -2.18. The number of carbonyl (C=O) groups excluding carboxylic acids is 1. The number of alkyl halides is 3. The summed E-state index contributed by atoms with van der Waals surface area (Å²) >= 11 is 0. The summed E-state index contributed by atoms with van der Waals surface area (Å²) in [6.45, 7) is 0. The standard InChI is InChI=1S/C6H3F3N2O2/c7-6(8,9)13-5-10-1-4(3-12)2-11-5/h1-3H. The van der Waals surface area contributed by atoms with Gasteiger partial charge in [-0.3, -0.25) is 4.79 Å². The number of ether oxygens (including phenoxy) is 1. The summed E-state index contributed by atoms with van der Waals surface area (Å²) in [4.78, 5) is 16.4. The van der Waals surface area contributed by atoms with Crippen molar-refractivity contribution in [1.29, 1.82) is 0 Å². The normalized spacial score (nSPS) is 11.0. The first-order chi connectivity index (χ1) is 6.01. The molecule has 0 aliphatic heterocycles. The zero-order valence-electron chi connectivity index (χ0n) is 6.08. The second-order valence-corrected chi connectivity index (χ2v) is 1.96. The van der Waals surface area contributed by atoms with Crippen LogP contribution in [0.15, 0.2) is 12.4 Å². The van der Waals surface area contributed by atoms with E-state index in [9.17, 15) is 18.0 Å². The Hall–Kier alpha value is -1.66. The van der Waals surface area contributed by atoms with Crippen molar-refractivity contribution in [3.05, 3.63) is 18.0 Å². The van der Waals surface area contributed by atoms with Crippen LogP contribution in [0.2, 0.25) is 0 Å². The number of nitrogens with zero attached hydrogens (tertiary/aromatic N) is 2. The van der Waals surface area contributed by atoms with Crippen LogP contribution in [0.5, 0.6) is 6.01 Å². The highest BCUT2D eigenvalue weighted by Crippen LogP contribution is 2.18. The molecular formula is C6H3F3N2O2. The highest BCUT2D eigenvalue weighted by atomic mass is 19.4. The molecule has 0 N–H and O–H groups in total. The molecule has 4 nitrogen and oxygen atoms in total. The van der Waals surface area contributed by atoms with Crippen LogP contribution in [0.1, 0.15) is 10.4 Å². The van der Waals surface area contributed by atoms with Gasteiger partial charge in [0.1, 0.15) is 0 Å². The average Bonchev–Trinajstić information content (AvgIpc) is 2.03. The molecule has 0 saturated heterocycles. The molecule has 0 aliphatic rings. The van der Waals surface area contributed by atoms with E-state index in [2.05, 4.69) is 14.7 Å². The second kappa shape index (κ2) is 3.38. The molecule has 0 aliphatic carbocycles. The second-order valence-electron chi connectivity index (χ2n) is 1.96. The molecule has 70 valence electrons. The van der Waals surface area contributed by atoms with Gasteiger partial charge in [-0.25, -0.2) is 9.97 Å². The molecule has 1 rings (SSSR count). The summed E-state index contributed by atoms with van der Waals surface area (Å²) in [7, 11) is 0. The van der Waals surface area contributed by atoms with E-state index in [0.717, 1.165) is 12.4 Å². The van der Waals surface area contributed by atoms with E-state index >= 15 is 0 Å². The highest BCUT2D eigenvalue weighted by molar-refractivity contribution is 5.73. The van der Waals surface area contributed by atoms with Gasteiger partial charge in [-0.1, -0.05) is 0 Å². The molecule has 13 heavy (non-hydrogen) atoms. The number of hydrogen-bond acceptors (Lipinski definition) is 4. The molecule has 0 saturated carbocycles. The number of carbonyl (C=O) groups is 1. The fourth-order valence-corrected chi connectivity index (χ4v) is 0.543. The third-order valence-corrected chi connectivity index (χ3v) is 0.991. The minimum absolute atomic E-state index is 0.0783. The number of aromatic nitrogens is 2. The Labute approximate surface area is 70.4 Å². The maximum Gasteiger partial charge on any atom is 0.575 e. The maximum atomic E-state index is 11.6. The first-order valence-electron chi connectivity index (χ1n) is 3.04. The lowest BCUT2D eigenvalue weighted by atomic mass is 10.4. The fraction of sp³-hybridized carbons (Fsp3) is 0.167. The maximum absolute atomic E-state index is 11.6. The Morgan fingerprint density at radius 2 is 1.85 bits per heavy atom. The third-order valence-electron chi connectivity index (χ3n) is 0.991. The summed E-state index contributed by atoms with van der Waals surface area (Å²) < 4.78 is 38.0. The van der Waals surface area contributed by atoms with Crippen LogP contribution in [-0.4, -0.2) is 22.6 Å². The molecule has 1 aromatic rings. The smallest absolute Gasteiger partial charge is 0.371 e. The van der Waals surface area contributed by atoms with Crippen molar-refractivity contribution in [1.82, 2.24) is 9.97 Å². The first-order valence-corrected chi connectivity index (χ1v) is 3.04. The van der Waals surface area contributed by atoms with Crippen molar-refractivity contribution >= 4 is 6.29 Å². The van der Waals surface area contributed by atoms with E-state index in [-0.39, 0.29) is 5.56 Å². The molecule has 1 aromatic heterocycles. The first kappa shape index (κ1) is 9.43. The van der Waals surface area contributed by atoms with Crippen LogP contribution in [0.25, 0.3) is 0 Å². The lowest BCUT2D eigenvalue weighted by Gasteiger charge is -2.05. The van der Waals surface area contributed by atoms with Crippen molar-refractivity contribution in [2.75, 3.05) is 0 Å².